The predicted molar refractivity (Wildman–Crippen MR) is 85.7 cm³/mol. The molecule has 0 saturated carbocycles. The highest BCUT2D eigenvalue weighted by Crippen LogP contribution is 2.33. The number of aromatic nitrogens is 1. The van der Waals surface area contributed by atoms with Crippen LogP contribution in [0.5, 0.6) is 10.9 Å². The van der Waals surface area contributed by atoms with Crippen LogP contribution >= 0.6 is 22.9 Å². The zero-order chi connectivity index (χ0) is 16.6. The maximum absolute atomic E-state index is 10.9. The summed E-state index contributed by atoms with van der Waals surface area (Å²) in [5, 5.41) is 21.8. The van der Waals surface area contributed by atoms with E-state index in [9.17, 15) is 15.0 Å². The zero-order valence-corrected chi connectivity index (χ0v) is 13.5. The molecule has 0 bridgehead atoms. The van der Waals surface area contributed by atoms with E-state index in [4.69, 9.17) is 16.3 Å². The third-order valence-electron chi connectivity index (χ3n) is 3.35. The van der Waals surface area contributed by atoms with Gasteiger partial charge in [-0.15, -0.1) is 0 Å². The Morgan fingerprint density at radius 2 is 2.00 bits per heavy atom. The molecule has 1 N–H and O–H groups in total. The number of carbonyl (C=O) groups is 1. The molecule has 0 aliphatic rings. The van der Waals surface area contributed by atoms with Crippen molar-refractivity contribution in [2.75, 3.05) is 0 Å². The van der Waals surface area contributed by atoms with Crippen LogP contribution in [-0.4, -0.2) is 16.1 Å². The standard InChI is InChI=1S/C16H12ClNO4S/c1-16(21,14(19)20)9-2-5-11(6-3-9)22-15-18-12-7-4-10(17)8-13(12)23-15/h2-8,21H,1H3,(H,19,20)/p-1. The number of benzene rings is 2. The molecule has 1 unspecified atom stereocenters. The molecule has 3 rings (SSSR count). The Bertz CT molecular complexity index is 873. The van der Waals surface area contributed by atoms with Gasteiger partial charge < -0.3 is 19.7 Å². The van der Waals surface area contributed by atoms with E-state index in [1.165, 1.54) is 23.5 Å². The summed E-state index contributed by atoms with van der Waals surface area (Å²) < 4.78 is 6.56. The Morgan fingerprint density at radius 1 is 1.30 bits per heavy atom. The van der Waals surface area contributed by atoms with Crippen molar-refractivity contribution in [2.45, 2.75) is 12.5 Å². The molecule has 118 valence electrons. The molecular formula is C16H11ClNO4S-. The van der Waals surface area contributed by atoms with Crippen LogP contribution in [0, 0.1) is 0 Å². The van der Waals surface area contributed by atoms with Gasteiger partial charge in [0.15, 0.2) is 0 Å². The topological polar surface area (TPSA) is 82.5 Å². The summed E-state index contributed by atoms with van der Waals surface area (Å²) >= 11 is 7.28. The molecule has 1 heterocycles. The fraction of sp³-hybridized carbons (Fsp3) is 0.125. The van der Waals surface area contributed by atoms with Gasteiger partial charge in [-0.2, -0.15) is 0 Å². The van der Waals surface area contributed by atoms with Crippen molar-refractivity contribution in [1.29, 1.82) is 0 Å². The molecule has 3 aromatic rings. The van der Waals surface area contributed by atoms with Gasteiger partial charge in [0.1, 0.15) is 11.4 Å². The Balaban J connectivity index is 1.83. The van der Waals surface area contributed by atoms with Crippen LogP contribution in [0.25, 0.3) is 10.2 Å². The first kappa shape index (κ1) is 15.7. The van der Waals surface area contributed by atoms with E-state index in [2.05, 4.69) is 4.98 Å². The molecule has 0 radical (unpaired) electrons. The minimum Gasteiger partial charge on any atom is -0.547 e. The second-order valence-electron chi connectivity index (χ2n) is 5.08. The van der Waals surface area contributed by atoms with E-state index >= 15 is 0 Å². The third-order valence-corrected chi connectivity index (χ3v) is 4.48. The molecule has 2 aromatic carbocycles. The minimum absolute atomic E-state index is 0.209. The Morgan fingerprint density at radius 3 is 2.65 bits per heavy atom. The van der Waals surface area contributed by atoms with Crippen molar-refractivity contribution in [3.63, 3.8) is 0 Å². The fourth-order valence-corrected chi connectivity index (χ4v) is 3.10. The molecule has 1 atom stereocenters. The van der Waals surface area contributed by atoms with Crippen LogP contribution in [0.4, 0.5) is 0 Å². The van der Waals surface area contributed by atoms with Gasteiger partial charge in [0.2, 0.25) is 0 Å². The third kappa shape index (κ3) is 3.14. The Kier molecular flexibility index (Phi) is 3.97. The first-order valence-electron chi connectivity index (χ1n) is 6.64. The summed E-state index contributed by atoms with van der Waals surface area (Å²) in [6.45, 7) is 1.16. The number of carboxylic acids is 1. The van der Waals surface area contributed by atoms with E-state index in [1.807, 2.05) is 6.07 Å². The molecule has 5 nitrogen and oxygen atoms in total. The van der Waals surface area contributed by atoms with Crippen molar-refractivity contribution in [3.8, 4) is 10.9 Å². The molecule has 23 heavy (non-hydrogen) atoms. The van der Waals surface area contributed by atoms with E-state index in [0.29, 0.717) is 16.0 Å². The van der Waals surface area contributed by atoms with Crippen LogP contribution in [0.2, 0.25) is 5.02 Å². The number of hydrogen-bond donors (Lipinski definition) is 1. The lowest BCUT2D eigenvalue weighted by Gasteiger charge is -2.24. The maximum Gasteiger partial charge on any atom is 0.279 e. The highest BCUT2D eigenvalue weighted by atomic mass is 35.5. The lowest BCUT2D eigenvalue weighted by Crippen LogP contribution is -2.43. The van der Waals surface area contributed by atoms with Crippen LogP contribution in [0.3, 0.4) is 0 Å². The number of carbonyl (C=O) groups excluding carboxylic acids is 1. The van der Waals surface area contributed by atoms with Gasteiger partial charge in [0.05, 0.1) is 16.2 Å². The molecule has 0 aliphatic heterocycles. The second-order valence-corrected chi connectivity index (χ2v) is 6.51. The largest absolute Gasteiger partial charge is 0.547 e. The number of carboxylic acid groups (broad SMARTS) is 1. The van der Waals surface area contributed by atoms with E-state index in [-0.39, 0.29) is 5.56 Å². The van der Waals surface area contributed by atoms with Crippen LogP contribution in [0.1, 0.15) is 12.5 Å². The highest BCUT2D eigenvalue weighted by molar-refractivity contribution is 7.20. The Labute approximate surface area is 140 Å². The molecule has 0 fully saturated rings. The molecule has 7 heteroatoms. The number of hydrogen-bond acceptors (Lipinski definition) is 6. The van der Waals surface area contributed by atoms with Crippen LogP contribution < -0.4 is 9.84 Å². The normalized spacial score (nSPS) is 13.7. The molecular weight excluding hydrogens is 338 g/mol. The first-order chi connectivity index (χ1) is 10.9. The van der Waals surface area contributed by atoms with Gasteiger partial charge in [0, 0.05) is 5.02 Å². The van der Waals surface area contributed by atoms with E-state index in [1.54, 1.807) is 24.3 Å². The number of aliphatic hydroxyl groups is 1. The summed E-state index contributed by atoms with van der Waals surface area (Å²) in [4.78, 5) is 15.2. The molecule has 1 aromatic heterocycles. The summed E-state index contributed by atoms with van der Waals surface area (Å²) in [6, 6.07) is 11.4. The average molecular weight is 349 g/mol. The number of thiazole rings is 1. The van der Waals surface area contributed by atoms with Crippen molar-refractivity contribution in [3.05, 3.63) is 53.1 Å². The number of halogens is 1. The number of ether oxygens (including phenoxy) is 1. The lowest BCUT2D eigenvalue weighted by molar-refractivity contribution is -0.324. The van der Waals surface area contributed by atoms with Gasteiger partial charge in [-0.3, -0.25) is 0 Å². The van der Waals surface area contributed by atoms with Crippen molar-refractivity contribution in [2.24, 2.45) is 0 Å². The van der Waals surface area contributed by atoms with E-state index < -0.39 is 11.6 Å². The SMILES string of the molecule is CC(O)(C(=O)[O-])c1ccc(Oc2nc3ccc(Cl)cc3s2)cc1. The van der Waals surface area contributed by atoms with Gasteiger partial charge in [-0.05, 0) is 42.8 Å². The number of aliphatic carboxylic acids is 1. The zero-order valence-electron chi connectivity index (χ0n) is 11.9. The quantitative estimate of drug-likeness (QED) is 0.783. The van der Waals surface area contributed by atoms with Crippen LogP contribution in [-0.2, 0) is 10.4 Å². The molecule has 0 spiro atoms. The average Bonchev–Trinajstić information content (AvgIpc) is 2.89. The predicted octanol–water partition coefficient (Wildman–Crippen LogP) is 2.70. The van der Waals surface area contributed by atoms with E-state index in [0.717, 1.165) is 17.1 Å². The van der Waals surface area contributed by atoms with Gasteiger partial charge in [-0.25, -0.2) is 4.98 Å². The smallest absolute Gasteiger partial charge is 0.279 e. The summed E-state index contributed by atoms with van der Waals surface area (Å²) in [7, 11) is 0. The molecule has 0 saturated heterocycles. The van der Waals surface area contributed by atoms with Crippen LogP contribution in [0.15, 0.2) is 42.5 Å². The highest BCUT2D eigenvalue weighted by Gasteiger charge is 2.24. The Hall–Kier alpha value is -2.15. The number of fused-ring (bicyclic) bond motifs is 1. The summed E-state index contributed by atoms with van der Waals surface area (Å²) in [5.74, 6) is -1.08. The summed E-state index contributed by atoms with van der Waals surface area (Å²) in [5.41, 5.74) is -1.06. The maximum atomic E-state index is 10.9. The van der Waals surface area contributed by atoms with Crippen molar-refractivity contribution < 1.29 is 19.7 Å². The summed E-state index contributed by atoms with van der Waals surface area (Å²) in [6.07, 6.45) is 0. The van der Waals surface area contributed by atoms with Gasteiger partial charge >= 0.3 is 0 Å². The fourth-order valence-electron chi connectivity index (χ4n) is 1.99. The lowest BCUT2D eigenvalue weighted by atomic mass is 9.96. The van der Waals surface area contributed by atoms with Gasteiger partial charge in [-0.1, -0.05) is 35.1 Å². The minimum atomic E-state index is -2.05. The first-order valence-corrected chi connectivity index (χ1v) is 7.84. The molecule has 0 aliphatic carbocycles. The molecule has 0 amide bonds. The monoisotopic (exact) mass is 348 g/mol. The van der Waals surface area contributed by atoms with Crippen molar-refractivity contribution in [1.82, 2.24) is 4.98 Å². The number of nitrogens with zero attached hydrogens (tertiary/aromatic N) is 1. The second kappa shape index (κ2) is 5.81. The van der Waals surface area contributed by atoms with Gasteiger partial charge in [0.25, 0.3) is 5.19 Å². The van der Waals surface area contributed by atoms with Crippen molar-refractivity contribution >= 4 is 39.1 Å². The number of rotatable bonds is 4.